The molecule has 0 spiro atoms. The van der Waals surface area contributed by atoms with Crippen molar-refractivity contribution < 1.29 is 4.74 Å². The molecular weight excluding hydrogens is 244 g/mol. The number of nitrogens with zero attached hydrogens (tertiary/aromatic N) is 1. The number of methoxy groups -OCH3 is 1. The standard InChI is InChI=1S/C14H22N2OS/c1-17-14-8-3-11(10-16-14)9-15-12-4-6-13(18-2)7-5-12/h3,8,10,12-13,15H,4-7,9H2,1-2H3. The van der Waals surface area contributed by atoms with Gasteiger partial charge in [-0.2, -0.15) is 11.8 Å². The smallest absolute Gasteiger partial charge is 0.212 e. The quantitative estimate of drug-likeness (QED) is 0.888. The minimum Gasteiger partial charge on any atom is -0.481 e. The third kappa shape index (κ3) is 3.89. The van der Waals surface area contributed by atoms with E-state index in [0.29, 0.717) is 11.9 Å². The summed E-state index contributed by atoms with van der Waals surface area (Å²) in [7, 11) is 1.64. The van der Waals surface area contributed by atoms with Crippen LogP contribution in [0.4, 0.5) is 0 Å². The number of thioether (sulfide) groups is 1. The van der Waals surface area contributed by atoms with E-state index >= 15 is 0 Å². The lowest BCUT2D eigenvalue weighted by Crippen LogP contribution is -2.33. The van der Waals surface area contributed by atoms with Gasteiger partial charge in [0, 0.05) is 30.1 Å². The first-order valence-corrected chi connectivity index (χ1v) is 7.85. The first-order valence-electron chi connectivity index (χ1n) is 6.57. The van der Waals surface area contributed by atoms with Gasteiger partial charge in [-0.1, -0.05) is 6.07 Å². The Hall–Kier alpha value is -0.740. The van der Waals surface area contributed by atoms with Gasteiger partial charge >= 0.3 is 0 Å². The predicted octanol–water partition coefficient (Wildman–Crippen LogP) is 2.85. The summed E-state index contributed by atoms with van der Waals surface area (Å²) in [5, 5.41) is 4.51. The molecule has 18 heavy (non-hydrogen) atoms. The highest BCUT2D eigenvalue weighted by molar-refractivity contribution is 7.99. The summed E-state index contributed by atoms with van der Waals surface area (Å²) in [4.78, 5) is 4.22. The normalized spacial score (nSPS) is 23.9. The summed E-state index contributed by atoms with van der Waals surface area (Å²) in [6, 6.07) is 4.67. The monoisotopic (exact) mass is 266 g/mol. The largest absolute Gasteiger partial charge is 0.481 e. The molecule has 1 N–H and O–H groups in total. The molecule has 3 nitrogen and oxygen atoms in total. The van der Waals surface area contributed by atoms with Crippen molar-refractivity contribution in [3.63, 3.8) is 0 Å². The topological polar surface area (TPSA) is 34.1 Å². The summed E-state index contributed by atoms with van der Waals surface area (Å²) in [6.45, 7) is 0.908. The molecule has 100 valence electrons. The zero-order chi connectivity index (χ0) is 12.8. The second kappa shape index (κ2) is 7.00. The molecule has 1 fully saturated rings. The summed E-state index contributed by atoms with van der Waals surface area (Å²) >= 11 is 2.01. The highest BCUT2D eigenvalue weighted by Gasteiger charge is 2.19. The third-order valence-corrected chi connectivity index (χ3v) is 4.75. The van der Waals surface area contributed by atoms with Gasteiger partial charge < -0.3 is 10.1 Å². The zero-order valence-electron chi connectivity index (χ0n) is 11.2. The van der Waals surface area contributed by atoms with E-state index in [1.807, 2.05) is 24.0 Å². The van der Waals surface area contributed by atoms with E-state index in [4.69, 9.17) is 4.74 Å². The number of hydrogen-bond donors (Lipinski definition) is 1. The molecule has 4 heteroatoms. The first-order chi connectivity index (χ1) is 8.81. The van der Waals surface area contributed by atoms with Gasteiger partial charge in [0.05, 0.1) is 7.11 Å². The fourth-order valence-electron chi connectivity index (χ4n) is 2.40. The Morgan fingerprint density at radius 2 is 2.11 bits per heavy atom. The van der Waals surface area contributed by atoms with Crippen molar-refractivity contribution in [3.05, 3.63) is 23.9 Å². The highest BCUT2D eigenvalue weighted by Crippen LogP contribution is 2.26. The van der Waals surface area contributed by atoms with Crippen molar-refractivity contribution in [2.75, 3.05) is 13.4 Å². The first kappa shape index (κ1) is 13.7. The van der Waals surface area contributed by atoms with Crippen molar-refractivity contribution in [1.29, 1.82) is 0 Å². The number of rotatable bonds is 5. The summed E-state index contributed by atoms with van der Waals surface area (Å²) in [5.41, 5.74) is 1.22. The second-order valence-electron chi connectivity index (χ2n) is 4.80. The van der Waals surface area contributed by atoms with Crippen LogP contribution in [0.2, 0.25) is 0 Å². The lowest BCUT2D eigenvalue weighted by molar-refractivity contribution is 0.377. The predicted molar refractivity (Wildman–Crippen MR) is 77.2 cm³/mol. The van der Waals surface area contributed by atoms with E-state index in [1.165, 1.54) is 31.2 Å². The third-order valence-electron chi connectivity index (χ3n) is 3.61. The van der Waals surface area contributed by atoms with Crippen molar-refractivity contribution in [2.45, 2.75) is 43.5 Å². The van der Waals surface area contributed by atoms with Crippen molar-refractivity contribution in [1.82, 2.24) is 10.3 Å². The molecule has 1 saturated carbocycles. The molecule has 0 amide bonds. The van der Waals surface area contributed by atoms with Crippen molar-refractivity contribution in [3.8, 4) is 5.88 Å². The lowest BCUT2D eigenvalue weighted by Gasteiger charge is -2.28. The van der Waals surface area contributed by atoms with Crippen LogP contribution in [-0.4, -0.2) is 29.6 Å². The van der Waals surface area contributed by atoms with Gasteiger partial charge in [0.25, 0.3) is 0 Å². The average Bonchev–Trinajstić information content (AvgIpc) is 2.46. The van der Waals surface area contributed by atoms with Gasteiger partial charge in [-0.25, -0.2) is 4.98 Å². The fraction of sp³-hybridized carbons (Fsp3) is 0.643. The van der Waals surface area contributed by atoms with Gasteiger partial charge in [-0.3, -0.25) is 0 Å². The SMILES string of the molecule is COc1ccc(CNC2CCC(SC)CC2)cn1. The Morgan fingerprint density at radius 3 is 2.67 bits per heavy atom. The van der Waals surface area contributed by atoms with Crippen LogP contribution in [0.1, 0.15) is 31.2 Å². The minimum atomic E-state index is 0.676. The molecule has 0 aliphatic heterocycles. The van der Waals surface area contributed by atoms with Crippen molar-refractivity contribution >= 4 is 11.8 Å². The van der Waals surface area contributed by atoms with Crippen LogP contribution in [0.25, 0.3) is 0 Å². The van der Waals surface area contributed by atoms with E-state index < -0.39 is 0 Å². The zero-order valence-corrected chi connectivity index (χ0v) is 12.0. The molecule has 1 aromatic heterocycles. The molecule has 0 unspecified atom stereocenters. The van der Waals surface area contributed by atoms with Gasteiger partial charge in [-0.05, 0) is 37.5 Å². The van der Waals surface area contributed by atoms with E-state index in [9.17, 15) is 0 Å². The molecule has 0 aromatic carbocycles. The van der Waals surface area contributed by atoms with Crippen LogP contribution in [-0.2, 0) is 6.54 Å². The number of hydrogen-bond acceptors (Lipinski definition) is 4. The van der Waals surface area contributed by atoms with Crippen LogP contribution in [0.3, 0.4) is 0 Å². The number of aromatic nitrogens is 1. The molecule has 1 aliphatic rings. The Morgan fingerprint density at radius 1 is 1.33 bits per heavy atom. The molecule has 1 heterocycles. The van der Waals surface area contributed by atoms with E-state index in [-0.39, 0.29) is 0 Å². The number of nitrogens with one attached hydrogen (secondary N) is 1. The highest BCUT2D eigenvalue weighted by atomic mass is 32.2. The maximum absolute atomic E-state index is 5.05. The molecule has 1 aromatic rings. The van der Waals surface area contributed by atoms with E-state index in [1.54, 1.807) is 7.11 Å². The van der Waals surface area contributed by atoms with Gasteiger partial charge in [0.15, 0.2) is 0 Å². The molecule has 0 atom stereocenters. The molecule has 0 bridgehead atoms. The molecule has 0 radical (unpaired) electrons. The van der Waals surface area contributed by atoms with Gasteiger partial charge in [0.2, 0.25) is 5.88 Å². The minimum absolute atomic E-state index is 0.676. The van der Waals surface area contributed by atoms with Crippen molar-refractivity contribution in [2.24, 2.45) is 0 Å². The Balaban J connectivity index is 1.74. The number of ether oxygens (including phenoxy) is 1. The lowest BCUT2D eigenvalue weighted by atomic mass is 9.95. The molecule has 0 saturated heterocycles. The number of pyridine rings is 1. The fourth-order valence-corrected chi connectivity index (χ4v) is 3.14. The second-order valence-corrected chi connectivity index (χ2v) is 5.94. The maximum atomic E-state index is 5.05. The van der Waals surface area contributed by atoms with Crippen LogP contribution in [0.15, 0.2) is 18.3 Å². The summed E-state index contributed by atoms with van der Waals surface area (Å²) < 4.78 is 5.05. The van der Waals surface area contributed by atoms with Gasteiger partial charge in [0.1, 0.15) is 0 Å². The molecule has 1 aliphatic carbocycles. The average molecular weight is 266 g/mol. The Bertz CT molecular complexity index is 347. The van der Waals surface area contributed by atoms with E-state index in [2.05, 4.69) is 22.6 Å². The van der Waals surface area contributed by atoms with E-state index in [0.717, 1.165) is 11.8 Å². The molecular formula is C14H22N2OS. The van der Waals surface area contributed by atoms with Crippen LogP contribution >= 0.6 is 11.8 Å². The Labute approximate surface area is 114 Å². The Kier molecular flexibility index (Phi) is 5.32. The summed E-state index contributed by atoms with van der Waals surface area (Å²) in [5.74, 6) is 0.680. The van der Waals surface area contributed by atoms with Gasteiger partial charge in [-0.15, -0.1) is 0 Å². The maximum Gasteiger partial charge on any atom is 0.212 e. The van der Waals surface area contributed by atoms with Crippen LogP contribution in [0, 0.1) is 0 Å². The summed E-state index contributed by atoms with van der Waals surface area (Å²) in [6.07, 6.45) is 9.41. The van der Waals surface area contributed by atoms with Crippen LogP contribution < -0.4 is 10.1 Å². The van der Waals surface area contributed by atoms with Crippen LogP contribution in [0.5, 0.6) is 5.88 Å². The molecule has 2 rings (SSSR count).